The molecule has 3 atom stereocenters. The fourth-order valence-electron chi connectivity index (χ4n) is 2.00. The minimum absolute atomic E-state index is 0.158. The van der Waals surface area contributed by atoms with Gasteiger partial charge in [0.25, 0.3) is 0 Å². The Kier molecular flexibility index (Phi) is 5.14. The molecule has 14 heavy (non-hydrogen) atoms. The van der Waals surface area contributed by atoms with Crippen LogP contribution in [0.1, 0.15) is 54.9 Å². The summed E-state index contributed by atoms with van der Waals surface area (Å²) in [6, 6.07) is 0. The molecular weight excluding hydrogens is 172 g/mol. The Hall–Kier alpha value is -0.0400. The molecule has 0 bridgehead atoms. The molecular formula is C13H28O. The molecule has 0 rings (SSSR count). The highest BCUT2D eigenvalue weighted by Crippen LogP contribution is 2.30. The maximum Gasteiger partial charge on any atom is 0.0593 e. The summed E-state index contributed by atoms with van der Waals surface area (Å²) in [6.07, 6.45) is 0.930. The number of hydrogen-bond acceptors (Lipinski definition) is 1. The Labute approximate surface area is 89.9 Å². The molecule has 0 aliphatic rings. The fourth-order valence-corrected chi connectivity index (χ4v) is 2.00. The van der Waals surface area contributed by atoms with Crippen LogP contribution in [0.4, 0.5) is 0 Å². The second-order valence-corrected chi connectivity index (χ2v) is 6.34. The average molecular weight is 200 g/mol. The van der Waals surface area contributed by atoms with E-state index in [1.54, 1.807) is 0 Å². The second-order valence-electron chi connectivity index (χ2n) is 6.34. The van der Waals surface area contributed by atoms with Gasteiger partial charge in [-0.2, -0.15) is 0 Å². The van der Waals surface area contributed by atoms with Crippen molar-refractivity contribution in [1.29, 1.82) is 0 Å². The summed E-state index contributed by atoms with van der Waals surface area (Å²) >= 11 is 0. The number of hydrogen-bond donors (Lipinski definition) is 1. The standard InChI is InChI=1S/C13H28O/c1-9(2)11(4)12(14)10(3)8-13(5,6)7/h9-12,14H,8H2,1-7H3. The van der Waals surface area contributed by atoms with Gasteiger partial charge in [-0.3, -0.25) is 0 Å². The summed E-state index contributed by atoms with van der Waals surface area (Å²) in [7, 11) is 0. The quantitative estimate of drug-likeness (QED) is 0.733. The van der Waals surface area contributed by atoms with Crippen molar-refractivity contribution in [2.45, 2.75) is 61.0 Å². The van der Waals surface area contributed by atoms with Gasteiger partial charge in [0.1, 0.15) is 0 Å². The zero-order valence-electron chi connectivity index (χ0n) is 11.0. The molecule has 0 fully saturated rings. The van der Waals surface area contributed by atoms with Gasteiger partial charge in [-0.05, 0) is 29.6 Å². The first-order valence-corrected chi connectivity index (χ1v) is 5.83. The lowest BCUT2D eigenvalue weighted by molar-refractivity contribution is 0.0289. The third kappa shape index (κ3) is 4.99. The topological polar surface area (TPSA) is 20.2 Å². The molecule has 3 unspecified atom stereocenters. The first-order valence-electron chi connectivity index (χ1n) is 5.83. The molecule has 0 aliphatic carbocycles. The molecule has 0 saturated carbocycles. The summed E-state index contributed by atoms with van der Waals surface area (Å²) in [5, 5.41) is 10.1. The van der Waals surface area contributed by atoms with E-state index >= 15 is 0 Å². The molecule has 0 aromatic carbocycles. The van der Waals surface area contributed by atoms with E-state index in [9.17, 15) is 5.11 Å². The van der Waals surface area contributed by atoms with Gasteiger partial charge in [-0.1, -0.05) is 48.5 Å². The summed E-state index contributed by atoms with van der Waals surface area (Å²) in [6.45, 7) is 15.4. The average Bonchev–Trinajstić information content (AvgIpc) is 1.98. The Morgan fingerprint density at radius 1 is 1.00 bits per heavy atom. The molecule has 1 nitrogen and oxygen atoms in total. The van der Waals surface area contributed by atoms with E-state index in [1.807, 2.05) is 0 Å². The molecule has 1 heteroatoms. The van der Waals surface area contributed by atoms with Crippen LogP contribution in [0.5, 0.6) is 0 Å². The van der Waals surface area contributed by atoms with E-state index in [-0.39, 0.29) is 6.10 Å². The van der Waals surface area contributed by atoms with Crippen LogP contribution < -0.4 is 0 Å². The van der Waals surface area contributed by atoms with Crippen molar-refractivity contribution >= 4 is 0 Å². The number of aliphatic hydroxyl groups excluding tert-OH is 1. The summed E-state index contributed by atoms with van der Waals surface area (Å²) < 4.78 is 0. The molecule has 0 heterocycles. The van der Waals surface area contributed by atoms with E-state index in [0.717, 1.165) is 6.42 Å². The largest absolute Gasteiger partial charge is 0.393 e. The Morgan fingerprint density at radius 3 is 1.71 bits per heavy atom. The third-order valence-corrected chi connectivity index (χ3v) is 3.11. The van der Waals surface area contributed by atoms with Gasteiger partial charge in [-0.15, -0.1) is 0 Å². The van der Waals surface area contributed by atoms with E-state index < -0.39 is 0 Å². The van der Waals surface area contributed by atoms with Crippen LogP contribution in [0.2, 0.25) is 0 Å². The first-order chi connectivity index (χ1) is 6.15. The smallest absolute Gasteiger partial charge is 0.0593 e. The predicted molar refractivity (Wildman–Crippen MR) is 63.2 cm³/mol. The lowest BCUT2D eigenvalue weighted by atomic mass is 9.78. The van der Waals surface area contributed by atoms with Crippen molar-refractivity contribution in [3.8, 4) is 0 Å². The molecule has 0 aromatic rings. The second kappa shape index (κ2) is 5.16. The van der Waals surface area contributed by atoms with Crippen molar-refractivity contribution in [1.82, 2.24) is 0 Å². The normalized spacial score (nSPS) is 19.5. The molecule has 0 amide bonds. The SMILES string of the molecule is CC(C)C(C)C(O)C(C)CC(C)(C)C. The van der Waals surface area contributed by atoms with Crippen molar-refractivity contribution in [2.75, 3.05) is 0 Å². The molecule has 0 aromatic heterocycles. The number of aliphatic hydroxyl groups is 1. The van der Waals surface area contributed by atoms with Crippen molar-refractivity contribution in [3.05, 3.63) is 0 Å². The highest BCUT2D eigenvalue weighted by Gasteiger charge is 2.26. The summed E-state index contributed by atoms with van der Waals surface area (Å²) in [5.41, 5.74) is 0.317. The molecule has 0 radical (unpaired) electrons. The summed E-state index contributed by atoms with van der Waals surface area (Å²) in [4.78, 5) is 0. The van der Waals surface area contributed by atoms with Gasteiger partial charge in [0.15, 0.2) is 0 Å². The lowest BCUT2D eigenvalue weighted by Crippen LogP contribution is -2.31. The van der Waals surface area contributed by atoms with Crippen molar-refractivity contribution in [2.24, 2.45) is 23.2 Å². The maximum absolute atomic E-state index is 10.1. The fraction of sp³-hybridized carbons (Fsp3) is 1.00. The molecule has 1 N–H and O–H groups in total. The molecule has 0 aliphatic heterocycles. The summed E-state index contributed by atoms with van der Waals surface area (Å²) in [5.74, 6) is 1.35. The van der Waals surface area contributed by atoms with Crippen LogP contribution in [-0.4, -0.2) is 11.2 Å². The Bertz CT molecular complexity index is 155. The molecule has 0 saturated heterocycles. The van der Waals surface area contributed by atoms with E-state index in [1.165, 1.54) is 0 Å². The third-order valence-electron chi connectivity index (χ3n) is 3.11. The van der Waals surface area contributed by atoms with Gasteiger partial charge in [-0.25, -0.2) is 0 Å². The molecule has 0 spiro atoms. The van der Waals surface area contributed by atoms with Gasteiger partial charge in [0.05, 0.1) is 6.10 Å². The van der Waals surface area contributed by atoms with Crippen LogP contribution in [0.25, 0.3) is 0 Å². The molecule has 86 valence electrons. The predicted octanol–water partition coefficient (Wildman–Crippen LogP) is 3.71. The minimum atomic E-state index is -0.158. The van der Waals surface area contributed by atoms with Crippen molar-refractivity contribution in [3.63, 3.8) is 0 Å². The van der Waals surface area contributed by atoms with E-state index in [0.29, 0.717) is 23.2 Å². The van der Waals surface area contributed by atoms with Gasteiger partial charge < -0.3 is 5.11 Å². The van der Waals surface area contributed by atoms with Gasteiger partial charge in [0, 0.05) is 0 Å². The Balaban J connectivity index is 4.18. The number of rotatable bonds is 4. The van der Waals surface area contributed by atoms with Crippen LogP contribution in [-0.2, 0) is 0 Å². The van der Waals surface area contributed by atoms with Gasteiger partial charge >= 0.3 is 0 Å². The van der Waals surface area contributed by atoms with Crippen LogP contribution in [0.15, 0.2) is 0 Å². The highest BCUT2D eigenvalue weighted by atomic mass is 16.3. The van der Waals surface area contributed by atoms with Crippen LogP contribution in [0, 0.1) is 23.2 Å². The monoisotopic (exact) mass is 200 g/mol. The maximum atomic E-state index is 10.1. The lowest BCUT2D eigenvalue weighted by Gasteiger charge is -2.31. The zero-order chi connectivity index (χ0) is 11.5. The van der Waals surface area contributed by atoms with E-state index in [4.69, 9.17) is 0 Å². The highest BCUT2D eigenvalue weighted by molar-refractivity contribution is 4.77. The Morgan fingerprint density at radius 2 is 1.43 bits per heavy atom. The zero-order valence-corrected chi connectivity index (χ0v) is 11.0. The van der Waals surface area contributed by atoms with Crippen molar-refractivity contribution < 1.29 is 5.11 Å². The van der Waals surface area contributed by atoms with Crippen LogP contribution >= 0.6 is 0 Å². The van der Waals surface area contributed by atoms with Gasteiger partial charge in [0.2, 0.25) is 0 Å². The minimum Gasteiger partial charge on any atom is -0.393 e. The first kappa shape index (κ1) is 14.0. The van der Waals surface area contributed by atoms with Crippen LogP contribution in [0.3, 0.4) is 0 Å². The van der Waals surface area contributed by atoms with E-state index in [2.05, 4.69) is 48.5 Å².